The normalized spacial score (nSPS) is 20.5. The van der Waals surface area contributed by atoms with Crippen LogP contribution in [0.3, 0.4) is 0 Å². The summed E-state index contributed by atoms with van der Waals surface area (Å²) in [5, 5.41) is 1.63. The van der Waals surface area contributed by atoms with E-state index in [4.69, 9.17) is 13.9 Å². The van der Waals surface area contributed by atoms with Gasteiger partial charge in [0.05, 0.1) is 11.0 Å². The molecule has 5 heterocycles. The quantitative estimate of drug-likeness (QED) is 0.387. The zero-order chi connectivity index (χ0) is 23.4. The van der Waals surface area contributed by atoms with Crippen molar-refractivity contribution in [2.75, 3.05) is 13.1 Å². The molecule has 2 atom stereocenters. The van der Waals surface area contributed by atoms with Crippen molar-refractivity contribution >= 4 is 38.7 Å². The summed E-state index contributed by atoms with van der Waals surface area (Å²) in [6, 6.07) is 10.3. The number of nitrogens with zero attached hydrogens (tertiary/aromatic N) is 4. The predicted octanol–water partition coefficient (Wildman–Crippen LogP) is 5.42. The van der Waals surface area contributed by atoms with Gasteiger partial charge in [-0.15, -0.1) is 0 Å². The van der Waals surface area contributed by atoms with E-state index in [2.05, 4.69) is 14.9 Å². The van der Waals surface area contributed by atoms with E-state index in [-0.39, 0.29) is 12.1 Å². The second-order valence-electron chi connectivity index (χ2n) is 9.93. The number of pyridine rings is 1. The van der Waals surface area contributed by atoms with E-state index in [0.29, 0.717) is 29.2 Å². The molecule has 6 rings (SSSR count). The molecule has 2 bridgehead atoms. The summed E-state index contributed by atoms with van der Waals surface area (Å²) < 4.78 is 18.4. The van der Waals surface area contributed by atoms with Gasteiger partial charge in [-0.05, 0) is 51.5 Å². The van der Waals surface area contributed by atoms with Crippen LogP contribution in [0.5, 0.6) is 10.9 Å². The summed E-state index contributed by atoms with van der Waals surface area (Å²) in [5.41, 5.74) is 2.14. The minimum atomic E-state index is -0.471. The first-order valence-electron chi connectivity index (χ1n) is 11.5. The van der Waals surface area contributed by atoms with Crippen molar-refractivity contribution in [1.29, 1.82) is 0 Å². The molecule has 9 heteroatoms. The number of benzene rings is 1. The molecule has 0 radical (unpaired) electrons. The largest absolute Gasteiger partial charge is 0.464 e. The average molecular weight is 479 g/mol. The summed E-state index contributed by atoms with van der Waals surface area (Å²) in [5.74, 6) is 0.681. The molecule has 2 saturated heterocycles. The number of likely N-dealkylation sites (tertiary alicyclic amines) is 2. The van der Waals surface area contributed by atoms with E-state index in [1.807, 2.05) is 62.3 Å². The third-order valence-electron chi connectivity index (χ3n) is 6.33. The number of thiazole rings is 1. The number of hydrogen-bond acceptors (Lipinski definition) is 8. The number of fused-ring (bicyclic) bond motifs is 4. The van der Waals surface area contributed by atoms with Gasteiger partial charge in [0, 0.05) is 54.9 Å². The number of furan rings is 1. The molecule has 0 N–H and O–H groups in total. The molecular weight excluding hydrogens is 452 g/mol. The monoisotopic (exact) mass is 478 g/mol. The number of aromatic nitrogens is 2. The van der Waals surface area contributed by atoms with Gasteiger partial charge in [-0.2, -0.15) is 4.98 Å². The number of hydrogen-bond donors (Lipinski definition) is 0. The summed E-state index contributed by atoms with van der Waals surface area (Å²) >= 11 is 1.47. The van der Waals surface area contributed by atoms with Crippen molar-refractivity contribution in [2.45, 2.75) is 51.4 Å². The van der Waals surface area contributed by atoms with E-state index in [0.717, 1.165) is 40.7 Å². The van der Waals surface area contributed by atoms with Crippen molar-refractivity contribution in [2.24, 2.45) is 0 Å². The van der Waals surface area contributed by atoms with Gasteiger partial charge in [0.25, 0.3) is 5.19 Å². The smallest absolute Gasteiger partial charge is 0.410 e. The highest BCUT2D eigenvalue weighted by Gasteiger charge is 2.46. The van der Waals surface area contributed by atoms with Gasteiger partial charge < -0.3 is 18.8 Å². The lowest BCUT2D eigenvalue weighted by molar-refractivity contribution is 0.0124. The van der Waals surface area contributed by atoms with Crippen molar-refractivity contribution in [3.05, 3.63) is 48.4 Å². The number of carbonyl (C=O) groups excluding carboxylic acids is 1. The lowest BCUT2D eigenvalue weighted by Gasteiger charge is -2.35. The van der Waals surface area contributed by atoms with E-state index >= 15 is 0 Å². The first kappa shape index (κ1) is 21.4. The molecular formula is C25H26N4O4S. The van der Waals surface area contributed by atoms with Gasteiger partial charge >= 0.3 is 6.09 Å². The first-order chi connectivity index (χ1) is 16.3. The topological polar surface area (TPSA) is 80.9 Å². The molecule has 2 aliphatic heterocycles. The molecule has 3 aromatic heterocycles. The lowest BCUT2D eigenvalue weighted by atomic mass is 10.1. The Hall–Kier alpha value is -3.17. The number of piperazine rings is 1. The second kappa shape index (κ2) is 7.95. The maximum absolute atomic E-state index is 12.5. The fourth-order valence-electron chi connectivity index (χ4n) is 4.85. The highest BCUT2D eigenvalue weighted by molar-refractivity contribution is 7.20. The Morgan fingerprint density at radius 2 is 2.12 bits per heavy atom. The van der Waals surface area contributed by atoms with Crippen LogP contribution in [0, 0.1) is 0 Å². The van der Waals surface area contributed by atoms with E-state index in [9.17, 15) is 4.79 Å². The highest BCUT2D eigenvalue weighted by atomic mass is 32.1. The Labute approximate surface area is 201 Å². The third-order valence-corrected chi connectivity index (χ3v) is 7.22. The van der Waals surface area contributed by atoms with Crippen molar-refractivity contribution in [3.63, 3.8) is 0 Å². The van der Waals surface area contributed by atoms with E-state index in [1.165, 1.54) is 11.3 Å². The highest BCUT2D eigenvalue weighted by Crippen LogP contribution is 2.36. The molecule has 2 unspecified atom stereocenters. The molecule has 0 spiro atoms. The molecule has 1 aromatic carbocycles. The Morgan fingerprint density at radius 3 is 2.88 bits per heavy atom. The molecule has 176 valence electrons. The third kappa shape index (κ3) is 3.99. The second-order valence-corrected chi connectivity index (χ2v) is 10.9. The van der Waals surface area contributed by atoms with E-state index < -0.39 is 5.60 Å². The van der Waals surface area contributed by atoms with Crippen molar-refractivity contribution in [1.82, 2.24) is 19.8 Å². The predicted molar refractivity (Wildman–Crippen MR) is 129 cm³/mol. The fourth-order valence-corrected chi connectivity index (χ4v) is 5.64. The van der Waals surface area contributed by atoms with Crippen LogP contribution >= 0.6 is 11.3 Å². The molecule has 2 fully saturated rings. The van der Waals surface area contributed by atoms with Gasteiger partial charge in [0.2, 0.25) is 0 Å². The molecule has 2 aliphatic rings. The Balaban J connectivity index is 1.13. The van der Waals surface area contributed by atoms with Crippen LogP contribution in [-0.2, 0) is 11.3 Å². The zero-order valence-electron chi connectivity index (χ0n) is 19.4. The van der Waals surface area contributed by atoms with Gasteiger partial charge in [-0.25, -0.2) is 9.78 Å². The standard InChI is InChI=1S/C25H26N4O4S/c1-25(2,3)33-24(30)29-13-16-9-17(29)12-28(16)11-15-14-31-20-10-18(6-7-19(15)20)32-23-27-22-21(34-23)5-4-8-26-22/h4-8,10,14,16-17H,9,11-13H2,1-3H3. The van der Waals surface area contributed by atoms with Crippen LogP contribution in [0.2, 0.25) is 0 Å². The Bertz CT molecular complexity index is 1340. The first-order valence-corrected chi connectivity index (χ1v) is 12.3. The summed E-state index contributed by atoms with van der Waals surface area (Å²) in [6.45, 7) is 8.07. The molecule has 0 saturated carbocycles. The maximum atomic E-state index is 12.5. The van der Waals surface area contributed by atoms with Gasteiger partial charge in [0.1, 0.15) is 16.9 Å². The number of amides is 1. The molecule has 1 amide bonds. The molecule has 8 nitrogen and oxygen atoms in total. The van der Waals surface area contributed by atoms with Crippen LogP contribution in [-0.4, -0.2) is 56.6 Å². The van der Waals surface area contributed by atoms with Crippen LogP contribution in [0.1, 0.15) is 32.8 Å². The summed E-state index contributed by atoms with van der Waals surface area (Å²) in [7, 11) is 0. The van der Waals surface area contributed by atoms with Gasteiger partial charge in [-0.3, -0.25) is 4.90 Å². The molecule has 4 aromatic rings. The molecule has 0 aliphatic carbocycles. The molecule has 34 heavy (non-hydrogen) atoms. The van der Waals surface area contributed by atoms with Crippen LogP contribution in [0.25, 0.3) is 21.3 Å². The zero-order valence-corrected chi connectivity index (χ0v) is 20.2. The fraction of sp³-hybridized carbons (Fsp3) is 0.400. The summed E-state index contributed by atoms with van der Waals surface area (Å²) in [4.78, 5) is 25.5. The number of carbonyl (C=O) groups is 1. The van der Waals surface area contributed by atoms with E-state index in [1.54, 1.807) is 6.20 Å². The Morgan fingerprint density at radius 1 is 1.24 bits per heavy atom. The van der Waals surface area contributed by atoms with Crippen LogP contribution in [0.15, 0.2) is 47.2 Å². The van der Waals surface area contributed by atoms with Crippen molar-refractivity contribution in [3.8, 4) is 10.9 Å². The summed E-state index contributed by atoms with van der Waals surface area (Å²) in [6.07, 6.45) is 4.34. The van der Waals surface area contributed by atoms with Crippen LogP contribution in [0.4, 0.5) is 4.79 Å². The maximum Gasteiger partial charge on any atom is 0.410 e. The number of rotatable bonds is 4. The average Bonchev–Trinajstić information content (AvgIpc) is 3.55. The minimum Gasteiger partial charge on any atom is -0.464 e. The number of ether oxygens (including phenoxy) is 2. The van der Waals surface area contributed by atoms with Crippen LogP contribution < -0.4 is 4.74 Å². The van der Waals surface area contributed by atoms with Gasteiger partial charge in [-0.1, -0.05) is 11.3 Å². The Kier molecular flexibility index (Phi) is 5.00. The van der Waals surface area contributed by atoms with Crippen molar-refractivity contribution < 1.29 is 18.7 Å². The SMILES string of the molecule is CC(C)(C)OC(=O)N1CC2CC1CN2Cc1coc2cc(Oc3nc4ncccc4s3)ccc12. The lowest BCUT2D eigenvalue weighted by Crippen LogP contribution is -2.49. The minimum absolute atomic E-state index is 0.204. The van der Waals surface area contributed by atoms with Gasteiger partial charge in [0.15, 0.2) is 5.65 Å².